The number of methoxy groups -OCH3 is 2. The van der Waals surface area contributed by atoms with Gasteiger partial charge in [-0.05, 0) is 42.9 Å². The van der Waals surface area contributed by atoms with Gasteiger partial charge >= 0.3 is 11.9 Å². The van der Waals surface area contributed by atoms with E-state index < -0.39 is 11.8 Å². The Morgan fingerprint density at radius 3 is 2.42 bits per heavy atom. The summed E-state index contributed by atoms with van der Waals surface area (Å²) in [5.74, 6) is -1.57. The first kappa shape index (κ1) is 16.6. The summed E-state index contributed by atoms with van der Waals surface area (Å²) in [5, 5.41) is 3.21. The summed E-state index contributed by atoms with van der Waals surface area (Å²) in [6.45, 7) is 2.05. The van der Waals surface area contributed by atoms with Crippen LogP contribution in [0.1, 0.15) is 17.5 Å². The van der Waals surface area contributed by atoms with Crippen molar-refractivity contribution in [3.05, 3.63) is 35.4 Å². The molecule has 1 aromatic rings. The third-order valence-electron chi connectivity index (χ3n) is 5.30. The summed E-state index contributed by atoms with van der Waals surface area (Å²) in [5.41, 5.74) is 4.41. The number of aryl methyl sites for hydroxylation is 1. The molecule has 1 saturated carbocycles. The largest absolute Gasteiger partial charge is 0.469 e. The first-order valence-electron chi connectivity index (χ1n) is 8.18. The van der Waals surface area contributed by atoms with Gasteiger partial charge in [0.15, 0.2) is 0 Å². The monoisotopic (exact) mass is 329 g/mol. The summed E-state index contributed by atoms with van der Waals surface area (Å²) >= 11 is 0. The summed E-state index contributed by atoms with van der Waals surface area (Å²) in [6.07, 6.45) is 2.92. The molecule has 0 aliphatic heterocycles. The Labute approximate surface area is 142 Å². The third kappa shape index (κ3) is 2.48. The quantitative estimate of drug-likeness (QED) is 0.860. The highest BCUT2D eigenvalue weighted by Crippen LogP contribution is 2.56. The lowest BCUT2D eigenvalue weighted by Crippen LogP contribution is -2.35. The van der Waals surface area contributed by atoms with E-state index in [1.165, 1.54) is 14.2 Å². The van der Waals surface area contributed by atoms with Crippen molar-refractivity contribution in [2.24, 2.45) is 23.7 Å². The van der Waals surface area contributed by atoms with Crippen LogP contribution < -0.4 is 5.32 Å². The fourth-order valence-electron chi connectivity index (χ4n) is 4.26. The molecule has 1 fully saturated rings. The van der Waals surface area contributed by atoms with Gasteiger partial charge in [-0.1, -0.05) is 17.7 Å². The molecular weight excluding hydrogens is 306 g/mol. The van der Waals surface area contributed by atoms with Gasteiger partial charge in [0, 0.05) is 18.3 Å². The maximum Gasteiger partial charge on any atom is 0.310 e. The zero-order valence-electron chi connectivity index (χ0n) is 14.5. The normalized spacial score (nSPS) is 27.6. The molecule has 0 saturated heterocycles. The number of benzene rings is 1. The average molecular weight is 329 g/mol. The fourth-order valence-corrected chi connectivity index (χ4v) is 4.26. The van der Waals surface area contributed by atoms with Gasteiger partial charge in [-0.3, -0.25) is 9.59 Å². The van der Waals surface area contributed by atoms with E-state index in [9.17, 15) is 9.59 Å². The lowest BCUT2D eigenvalue weighted by molar-refractivity contribution is -0.157. The molecule has 2 unspecified atom stereocenters. The highest BCUT2D eigenvalue weighted by atomic mass is 16.5. The molecule has 3 rings (SSSR count). The molecule has 0 amide bonds. The Hall–Kier alpha value is -2.30. The molecule has 0 aromatic heterocycles. The number of hydrogen-bond acceptors (Lipinski definition) is 5. The smallest absolute Gasteiger partial charge is 0.310 e. The van der Waals surface area contributed by atoms with Crippen LogP contribution in [0.2, 0.25) is 0 Å². The van der Waals surface area contributed by atoms with Gasteiger partial charge in [-0.2, -0.15) is 0 Å². The van der Waals surface area contributed by atoms with Crippen molar-refractivity contribution in [2.75, 3.05) is 26.6 Å². The minimum atomic E-state index is -0.474. The van der Waals surface area contributed by atoms with Crippen LogP contribution in [0.3, 0.4) is 0 Å². The van der Waals surface area contributed by atoms with Crippen LogP contribution in [-0.4, -0.2) is 33.2 Å². The molecule has 2 bridgehead atoms. The van der Waals surface area contributed by atoms with E-state index in [2.05, 4.69) is 23.5 Å². The van der Waals surface area contributed by atoms with Crippen molar-refractivity contribution >= 4 is 23.2 Å². The third-order valence-corrected chi connectivity index (χ3v) is 5.30. The number of carbonyl (C=O) groups is 2. The second-order valence-electron chi connectivity index (χ2n) is 6.52. The number of carbonyl (C=O) groups excluding carboxylic acids is 2. The molecule has 2 aliphatic carbocycles. The summed E-state index contributed by atoms with van der Waals surface area (Å²) in [7, 11) is 4.63. The first-order valence-corrected chi connectivity index (χ1v) is 8.18. The SMILES string of the molecule is CNc1ccc(C)cc1C1=CC2CC1[C@H](C(=O)OC)[C@@H]2C(=O)OC. The van der Waals surface area contributed by atoms with E-state index in [-0.39, 0.29) is 23.8 Å². The van der Waals surface area contributed by atoms with Crippen LogP contribution in [-0.2, 0) is 19.1 Å². The number of nitrogens with one attached hydrogen (secondary N) is 1. The van der Waals surface area contributed by atoms with Crippen LogP contribution in [0, 0.1) is 30.6 Å². The van der Waals surface area contributed by atoms with Crippen LogP contribution in [0.25, 0.3) is 5.57 Å². The standard InChI is InChI=1S/C19H23NO4/c1-10-5-6-15(20-2)13(7-10)12-8-11-9-14(12)17(19(22)24-4)16(11)18(21)23-3/h5-8,11,14,16-17,20H,9H2,1-4H3/t11?,14?,16-,17+/m1/s1. The summed E-state index contributed by atoms with van der Waals surface area (Å²) < 4.78 is 9.91. The number of anilines is 1. The molecule has 24 heavy (non-hydrogen) atoms. The van der Waals surface area contributed by atoms with Crippen molar-refractivity contribution in [3.63, 3.8) is 0 Å². The zero-order chi connectivity index (χ0) is 17.4. The number of esters is 2. The van der Waals surface area contributed by atoms with Gasteiger partial charge in [-0.15, -0.1) is 0 Å². The van der Waals surface area contributed by atoms with Gasteiger partial charge in [0.2, 0.25) is 0 Å². The number of ether oxygens (including phenoxy) is 2. The van der Waals surface area contributed by atoms with Gasteiger partial charge in [0.25, 0.3) is 0 Å². The summed E-state index contributed by atoms with van der Waals surface area (Å²) in [6, 6.07) is 6.22. The van der Waals surface area contributed by atoms with E-state index in [0.717, 1.165) is 28.8 Å². The van der Waals surface area contributed by atoms with Crippen LogP contribution >= 0.6 is 0 Å². The van der Waals surface area contributed by atoms with Gasteiger partial charge in [0.05, 0.1) is 26.1 Å². The second kappa shape index (κ2) is 6.30. The second-order valence-corrected chi connectivity index (χ2v) is 6.52. The van der Waals surface area contributed by atoms with Crippen LogP contribution in [0.4, 0.5) is 5.69 Å². The van der Waals surface area contributed by atoms with E-state index in [0.29, 0.717) is 0 Å². The maximum absolute atomic E-state index is 12.4. The molecule has 128 valence electrons. The predicted octanol–water partition coefficient (Wildman–Crippen LogP) is 2.65. The number of allylic oxidation sites excluding steroid dienone is 2. The van der Waals surface area contributed by atoms with Gasteiger partial charge in [0.1, 0.15) is 0 Å². The number of fused-ring (bicyclic) bond motifs is 2. The van der Waals surface area contributed by atoms with Crippen molar-refractivity contribution in [3.8, 4) is 0 Å². The van der Waals surface area contributed by atoms with Crippen molar-refractivity contribution in [1.82, 2.24) is 0 Å². The van der Waals surface area contributed by atoms with Crippen LogP contribution in [0.15, 0.2) is 24.3 Å². The lowest BCUT2D eigenvalue weighted by Gasteiger charge is -2.28. The Balaban J connectivity index is 2.05. The molecular formula is C19H23NO4. The van der Waals surface area contributed by atoms with E-state index in [4.69, 9.17) is 9.47 Å². The maximum atomic E-state index is 12.4. The lowest BCUT2D eigenvalue weighted by atomic mass is 9.77. The minimum Gasteiger partial charge on any atom is -0.469 e. The molecule has 0 heterocycles. The highest BCUT2D eigenvalue weighted by Gasteiger charge is 2.55. The average Bonchev–Trinajstić information content (AvgIpc) is 3.18. The minimum absolute atomic E-state index is 0.0135. The molecule has 0 radical (unpaired) electrons. The fraction of sp³-hybridized carbons (Fsp3) is 0.474. The van der Waals surface area contributed by atoms with Gasteiger partial charge < -0.3 is 14.8 Å². The Bertz CT molecular complexity index is 709. The van der Waals surface area contributed by atoms with Gasteiger partial charge in [-0.25, -0.2) is 0 Å². The summed E-state index contributed by atoms with van der Waals surface area (Å²) in [4.78, 5) is 24.5. The molecule has 2 aliphatic rings. The number of hydrogen-bond donors (Lipinski definition) is 1. The zero-order valence-corrected chi connectivity index (χ0v) is 14.5. The van der Waals surface area contributed by atoms with E-state index in [1.807, 2.05) is 20.0 Å². The molecule has 4 atom stereocenters. The van der Waals surface area contributed by atoms with Crippen LogP contribution in [0.5, 0.6) is 0 Å². The Kier molecular flexibility index (Phi) is 4.35. The van der Waals surface area contributed by atoms with E-state index >= 15 is 0 Å². The van der Waals surface area contributed by atoms with Crippen molar-refractivity contribution in [1.29, 1.82) is 0 Å². The highest BCUT2D eigenvalue weighted by molar-refractivity contribution is 5.90. The molecule has 0 spiro atoms. The van der Waals surface area contributed by atoms with Crippen molar-refractivity contribution in [2.45, 2.75) is 13.3 Å². The van der Waals surface area contributed by atoms with Crippen molar-refractivity contribution < 1.29 is 19.1 Å². The Morgan fingerprint density at radius 1 is 1.12 bits per heavy atom. The van der Waals surface area contributed by atoms with E-state index in [1.54, 1.807) is 0 Å². The number of rotatable bonds is 4. The first-order chi connectivity index (χ1) is 11.5. The molecule has 1 N–H and O–H groups in total. The molecule has 5 heteroatoms. The topological polar surface area (TPSA) is 64.6 Å². The molecule has 1 aromatic carbocycles. The Morgan fingerprint density at radius 2 is 1.79 bits per heavy atom. The predicted molar refractivity (Wildman–Crippen MR) is 91.3 cm³/mol. The molecule has 5 nitrogen and oxygen atoms in total.